The van der Waals surface area contributed by atoms with Gasteiger partial charge in [0.1, 0.15) is 0 Å². The lowest BCUT2D eigenvalue weighted by Crippen LogP contribution is -2.22. The van der Waals surface area contributed by atoms with Gasteiger partial charge in [0.25, 0.3) is 0 Å². The summed E-state index contributed by atoms with van der Waals surface area (Å²) in [6, 6.07) is 6.92. The maximum Gasteiger partial charge on any atom is 0.178 e. The number of aryl methyl sites for hydroxylation is 1. The van der Waals surface area contributed by atoms with Crippen molar-refractivity contribution >= 4 is 23.3 Å². The molecule has 0 spiro atoms. The first-order chi connectivity index (χ1) is 9.24. The van der Waals surface area contributed by atoms with Crippen LogP contribution in [0.15, 0.2) is 18.2 Å². The van der Waals surface area contributed by atoms with Crippen molar-refractivity contribution in [2.75, 3.05) is 6.61 Å². The van der Waals surface area contributed by atoms with E-state index in [1.54, 1.807) is 0 Å². The van der Waals surface area contributed by atoms with Crippen molar-refractivity contribution in [1.29, 1.82) is 0 Å². The number of ether oxygens (including phenoxy) is 1. The third-order valence-corrected chi connectivity index (χ3v) is 4.69. The van der Waals surface area contributed by atoms with E-state index >= 15 is 0 Å². The highest BCUT2D eigenvalue weighted by atomic mass is 32.1. The summed E-state index contributed by atoms with van der Waals surface area (Å²) < 4.78 is 9.09. The molecule has 1 aromatic carbocycles. The lowest BCUT2D eigenvalue weighted by Gasteiger charge is -2.20. The Morgan fingerprint density at radius 2 is 2.16 bits per heavy atom. The van der Waals surface area contributed by atoms with E-state index in [-0.39, 0.29) is 0 Å². The second kappa shape index (κ2) is 4.18. The minimum Gasteiger partial charge on any atom is -0.376 e. The van der Waals surface area contributed by atoms with Gasteiger partial charge in [0.15, 0.2) is 4.77 Å². The highest BCUT2D eigenvalue weighted by Crippen LogP contribution is 2.44. The lowest BCUT2D eigenvalue weighted by molar-refractivity contribution is 0.0756. The third-order valence-electron chi connectivity index (χ3n) is 4.39. The zero-order valence-electron chi connectivity index (χ0n) is 11.1. The standard InChI is InChI=1S/C15H18N2OS/c1-9-2-5-12-11(8-9)16-15(19)17(12)13-6-7-18-14(13)10-3-4-10/h2,5,8,10,13-14H,3-4,6-7H2,1H3,(H,16,19). The Bertz CT molecular complexity index is 683. The number of fused-ring (bicyclic) bond motifs is 1. The number of aromatic nitrogens is 2. The summed E-state index contributed by atoms with van der Waals surface area (Å²) in [7, 11) is 0. The van der Waals surface area contributed by atoms with Crippen LogP contribution in [0.4, 0.5) is 0 Å². The molecule has 2 aromatic rings. The molecule has 3 nitrogen and oxygen atoms in total. The molecule has 0 bridgehead atoms. The number of rotatable bonds is 2. The van der Waals surface area contributed by atoms with E-state index in [0.717, 1.165) is 29.2 Å². The number of aromatic amines is 1. The molecule has 0 radical (unpaired) electrons. The molecule has 1 aliphatic heterocycles. The first-order valence-corrected chi connectivity index (χ1v) is 7.47. The summed E-state index contributed by atoms with van der Waals surface area (Å²) in [5.74, 6) is 0.754. The number of benzene rings is 1. The zero-order valence-corrected chi connectivity index (χ0v) is 11.9. The van der Waals surface area contributed by atoms with E-state index in [1.807, 2.05) is 0 Å². The van der Waals surface area contributed by atoms with Crippen molar-refractivity contribution in [2.24, 2.45) is 5.92 Å². The SMILES string of the molecule is Cc1ccc2c(c1)[nH]c(=S)n2C1CCOC1C1CC1. The molecule has 19 heavy (non-hydrogen) atoms. The molecule has 1 aliphatic carbocycles. The van der Waals surface area contributed by atoms with Crippen molar-refractivity contribution in [2.45, 2.75) is 38.3 Å². The average molecular weight is 274 g/mol. The molecular weight excluding hydrogens is 256 g/mol. The average Bonchev–Trinajstić information content (AvgIpc) is 3.02. The van der Waals surface area contributed by atoms with Crippen molar-refractivity contribution in [3.8, 4) is 0 Å². The van der Waals surface area contributed by atoms with Crippen LogP contribution in [0, 0.1) is 17.6 Å². The fraction of sp³-hybridized carbons (Fsp3) is 0.533. The molecule has 4 rings (SSSR count). The Kier molecular flexibility index (Phi) is 2.57. The molecular formula is C15H18N2OS. The Labute approximate surface area is 117 Å². The van der Waals surface area contributed by atoms with Gasteiger partial charge < -0.3 is 14.3 Å². The van der Waals surface area contributed by atoms with Gasteiger partial charge in [-0.15, -0.1) is 0 Å². The molecule has 1 aromatic heterocycles. The van der Waals surface area contributed by atoms with Gasteiger partial charge in [-0.05, 0) is 62.0 Å². The predicted molar refractivity (Wildman–Crippen MR) is 78.0 cm³/mol. The summed E-state index contributed by atoms with van der Waals surface area (Å²) in [5.41, 5.74) is 3.63. The highest BCUT2D eigenvalue weighted by molar-refractivity contribution is 7.71. The van der Waals surface area contributed by atoms with Crippen LogP contribution in [0.5, 0.6) is 0 Å². The van der Waals surface area contributed by atoms with Gasteiger partial charge in [0.05, 0.1) is 23.2 Å². The van der Waals surface area contributed by atoms with Crippen molar-refractivity contribution in [3.63, 3.8) is 0 Å². The summed E-state index contributed by atoms with van der Waals surface area (Å²) in [5, 5.41) is 0. The van der Waals surface area contributed by atoms with Crippen LogP contribution in [-0.4, -0.2) is 22.3 Å². The maximum atomic E-state index is 5.96. The van der Waals surface area contributed by atoms with E-state index in [4.69, 9.17) is 17.0 Å². The maximum absolute atomic E-state index is 5.96. The first kappa shape index (κ1) is 11.7. The van der Waals surface area contributed by atoms with Gasteiger partial charge in [-0.1, -0.05) is 6.07 Å². The first-order valence-electron chi connectivity index (χ1n) is 7.06. The van der Waals surface area contributed by atoms with E-state index in [1.165, 1.54) is 23.9 Å². The number of hydrogen-bond acceptors (Lipinski definition) is 2. The fourth-order valence-corrected chi connectivity index (χ4v) is 3.67. The molecule has 1 saturated carbocycles. The molecule has 4 heteroatoms. The number of nitrogens with zero attached hydrogens (tertiary/aromatic N) is 1. The van der Waals surface area contributed by atoms with Crippen LogP contribution in [0.25, 0.3) is 11.0 Å². The van der Waals surface area contributed by atoms with Crippen LogP contribution in [0.2, 0.25) is 0 Å². The number of nitrogens with one attached hydrogen (secondary N) is 1. The van der Waals surface area contributed by atoms with E-state index in [9.17, 15) is 0 Å². The van der Waals surface area contributed by atoms with Crippen LogP contribution < -0.4 is 0 Å². The Hall–Kier alpha value is -1.13. The summed E-state index contributed by atoms with van der Waals surface area (Å²) in [4.78, 5) is 3.35. The van der Waals surface area contributed by atoms with E-state index in [0.29, 0.717) is 12.1 Å². The monoisotopic (exact) mass is 274 g/mol. The molecule has 2 unspecified atom stereocenters. The van der Waals surface area contributed by atoms with Gasteiger partial charge in [-0.25, -0.2) is 0 Å². The van der Waals surface area contributed by atoms with Crippen molar-refractivity contribution in [1.82, 2.24) is 9.55 Å². The highest BCUT2D eigenvalue weighted by Gasteiger charge is 2.42. The summed E-state index contributed by atoms with van der Waals surface area (Å²) in [6.07, 6.45) is 4.08. The lowest BCUT2D eigenvalue weighted by atomic mass is 10.1. The number of H-pyrrole nitrogens is 1. The quantitative estimate of drug-likeness (QED) is 0.845. The molecule has 2 heterocycles. The van der Waals surface area contributed by atoms with Gasteiger partial charge in [-0.3, -0.25) is 0 Å². The number of hydrogen-bond donors (Lipinski definition) is 1. The van der Waals surface area contributed by atoms with Crippen LogP contribution in [0.1, 0.15) is 30.9 Å². The summed E-state index contributed by atoms with van der Waals surface area (Å²) >= 11 is 5.54. The Morgan fingerprint density at radius 1 is 1.32 bits per heavy atom. The normalized spacial score (nSPS) is 27.2. The molecule has 100 valence electrons. The minimum atomic E-state index is 0.368. The van der Waals surface area contributed by atoms with E-state index < -0.39 is 0 Å². The topological polar surface area (TPSA) is 29.9 Å². The van der Waals surface area contributed by atoms with Crippen LogP contribution in [0.3, 0.4) is 0 Å². The molecule has 1 N–H and O–H groups in total. The Balaban J connectivity index is 1.85. The second-order valence-corrected chi connectivity index (χ2v) is 6.24. The van der Waals surface area contributed by atoms with Gasteiger partial charge in [0, 0.05) is 6.61 Å². The zero-order chi connectivity index (χ0) is 13.0. The smallest absolute Gasteiger partial charge is 0.178 e. The predicted octanol–water partition coefficient (Wildman–Crippen LogP) is 3.75. The largest absolute Gasteiger partial charge is 0.376 e. The Morgan fingerprint density at radius 3 is 2.95 bits per heavy atom. The third kappa shape index (κ3) is 1.85. The number of imidazole rings is 1. The van der Waals surface area contributed by atoms with Crippen molar-refractivity contribution < 1.29 is 4.74 Å². The molecule has 2 aliphatic rings. The van der Waals surface area contributed by atoms with Crippen LogP contribution in [-0.2, 0) is 4.74 Å². The van der Waals surface area contributed by atoms with Gasteiger partial charge in [0.2, 0.25) is 0 Å². The van der Waals surface area contributed by atoms with Gasteiger partial charge >= 0.3 is 0 Å². The van der Waals surface area contributed by atoms with Gasteiger partial charge in [-0.2, -0.15) is 0 Å². The molecule has 0 amide bonds. The fourth-order valence-electron chi connectivity index (χ4n) is 3.33. The van der Waals surface area contributed by atoms with Crippen molar-refractivity contribution in [3.05, 3.63) is 28.5 Å². The van der Waals surface area contributed by atoms with Crippen LogP contribution >= 0.6 is 12.2 Å². The van der Waals surface area contributed by atoms with E-state index in [2.05, 4.69) is 34.7 Å². The minimum absolute atomic E-state index is 0.368. The summed E-state index contributed by atoms with van der Waals surface area (Å²) in [6.45, 7) is 2.98. The molecule has 1 saturated heterocycles. The molecule has 2 fully saturated rings. The molecule has 2 atom stereocenters. The second-order valence-electron chi connectivity index (χ2n) is 5.85.